The summed E-state index contributed by atoms with van der Waals surface area (Å²) in [5.41, 5.74) is 2.54. The Bertz CT molecular complexity index is 387. The number of rotatable bonds is 10. The lowest BCUT2D eigenvalue weighted by Crippen LogP contribution is -2.29. The van der Waals surface area contributed by atoms with Crippen molar-refractivity contribution in [3.8, 4) is 0 Å². The van der Waals surface area contributed by atoms with Gasteiger partial charge in [-0.3, -0.25) is 0 Å². The third kappa shape index (κ3) is 5.68. The van der Waals surface area contributed by atoms with Crippen molar-refractivity contribution in [3.05, 3.63) is 11.9 Å². The molecule has 0 aliphatic rings. The molecule has 1 heterocycles. The van der Waals surface area contributed by atoms with Crippen molar-refractivity contribution in [3.63, 3.8) is 0 Å². The predicted octanol–water partition coefficient (Wildman–Crippen LogP) is 1.05. The monoisotopic (exact) mass is 282 g/mol. The molecule has 0 atom stereocenters. The minimum absolute atomic E-state index is 0.362. The standard InChI is InChI=1S/C13H26N6O/c1-4-7-19(5-2)8-6-15-11-9-12(18-14)17-13(16-11)10-20-3/h9H,4-8,10,14H2,1-3H3,(H2,15,16,17,18). The van der Waals surface area contributed by atoms with Gasteiger partial charge in [0.1, 0.15) is 18.2 Å². The molecule has 0 fully saturated rings. The van der Waals surface area contributed by atoms with E-state index >= 15 is 0 Å². The summed E-state index contributed by atoms with van der Waals surface area (Å²) < 4.78 is 5.04. The average Bonchev–Trinajstić information content (AvgIpc) is 2.46. The Hall–Kier alpha value is -1.44. The number of hydrazine groups is 1. The van der Waals surface area contributed by atoms with Crippen LogP contribution in [0.3, 0.4) is 0 Å². The van der Waals surface area contributed by atoms with Gasteiger partial charge in [0.05, 0.1) is 0 Å². The van der Waals surface area contributed by atoms with Crippen LogP contribution in [0.4, 0.5) is 11.6 Å². The van der Waals surface area contributed by atoms with E-state index in [9.17, 15) is 0 Å². The highest BCUT2D eigenvalue weighted by atomic mass is 16.5. The van der Waals surface area contributed by atoms with Crippen LogP contribution in [-0.2, 0) is 11.3 Å². The number of ether oxygens (including phenoxy) is 1. The van der Waals surface area contributed by atoms with E-state index in [0.717, 1.165) is 32.0 Å². The van der Waals surface area contributed by atoms with Crippen LogP contribution in [-0.4, -0.2) is 48.2 Å². The molecule has 0 radical (unpaired) electrons. The van der Waals surface area contributed by atoms with Crippen molar-refractivity contribution in [1.29, 1.82) is 0 Å². The Morgan fingerprint density at radius 1 is 1.25 bits per heavy atom. The number of nitrogens with two attached hydrogens (primary N) is 1. The number of hydrogen-bond acceptors (Lipinski definition) is 7. The molecule has 0 saturated heterocycles. The second kappa shape index (κ2) is 9.46. The van der Waals surface area contributed by atoms with Crippen molar-refractivity contribution in [1.82, 2.24) is 14.9 Å². The minimum Gasteiger partial charge on any atom is -0.377 e. The van der Waals surface area contributed by atoms with Crippen LogP contribution in [0.1, 0.15) is 26.1 Å². The second-order valence-corrected chi connectivity index (χ2v) is 4.49. The van der Waals surface area contributed by atoms with E-state index < -0.39 is 0 Å². The molecule has 1 rings (SSSR count). The van der Waals surface area contributed by atoms with Crippen molar-refractivity contribution in [2.24, 2.45) is 5.84 Å². The first-order chi connectivity index (χ1) is 9.73. The van der Waals surface area contributed by atoms with Gasteiger partial charge in [-0.25, -0.2) is 15.8 Å². The number of anilines is 2. The molecule has 7 heteroatoms. The summed E-state index contributed by atoms with van der Waals surface area (Å²) in [5.74, 6) is 7.34. The van der Waals surface area contributed by atoms with E-state index in [0.29, 0.717) is 18.2 Å². The summed E-state index contributed by atoms with van der Waals surface area (Å²) in [7, 11) is 1.61. The highest BCUT2D eigenvalue weighted by Gasteiger charge is 2.05. The SMILES string of the molecule is CCCN(CC)CCNc1cc(NN)nc(COC)n1. The lowest BCUT2D eigenvalue weighted by molar-refractivity contribution is 0.178. The van der Waals surface area contributed by atoms with Crippen LogP contribution in [0.15, 0.2) is 6.07 Å². The van der Waals surface area contributed by atoms with E-state index in [1.165, 1.54) is 6.42 Å². The van der Waals surface area contributed by atoms with Gasteiger partial charge in [-0.15, -0.1) is 0 Å². The molecule has 0 bridgehead atoms. The smallest absolute Gasteiger partial charge is 0.158 e. The van der Waals surface area contributed by atoms with Gasteiger partial charge in [0, 0.05) is 26.3 Å². The zero-order chi connectivity index (χ0) is 14.8. The molecule has 20 heavy (non-hydrogen) atoms. The fourth-order valence-electron chi connectivity index (χ4n) is 1.94. The summed E-state index contributed by atoms with van der Waals surface area (Å²) in [6, 6.07) is 1.79. The number of nitrogen functional groups attached to an aromatic ring is 1. The number of likely N-dealkylation sites (N-methyl/N-ethyl adjacent to an activating group) is 1. The third-order valence-corrected chi connectivity index (χ3v) is 2.91. The van der Waals surface area contributed by atoms with Crippen molar-refractivity contribution in [2.75, 3.05) is 44.0 Å². The summed E-state index contributed by atoms with van der Waals surface area (Å²) in [6.45, 7) is 8.72. The fourth-order valence-corrected chi connectivity index (χ4v) is 1.94. The lowest BCUT2D eigenvalue weighted by Gasteiger charge is -2.19. The maximum absolute atomic E-state index is 5.40. The van der Waals surface area contributed by atoms with E-state index in [-0.39, 0.29) is 0 Å². The summed E-state index contributed by atoms with van der Waals surface area (Å²) in [5, 5.41) is 3.30. The van der Waals surface area contributed by atoms with E-state index in [1.807, 2.05) is 0 Å². The summed E-state index contributed by atoms with van der Waals surface area (Å²) in [4.78, 5) is 11.0. The molecular formula is C13H26N6O. The summed E-state index contributed by atoms with van der Waals surface area (Å²) in [6.07, 6.45) is 1.17. The molecule has 0 amide bonds. The van der Waals surface area contributed by atoms with Crippen LogP contribution >= 0.6 is 0 Å². The van der Waals surface area contributed by atoms with Crippen LogP contribution < -0.4 is 16.6 Å². The van der Waals surface area contributed by atoms with Crippen molar-refractivity contribution >= 4 is 11.6 Å². The van der Waals surface area contributed by atoms with E-state index in [2.05, 4.69) is 39.5 Å². The normalized spacial score (nSPS) is 10.8. The van der Waals surface area contributed by atoms with Crippen LogP contribution in [0.2, 0.25) is 0 Å². The number of nitrogens with zero attached hydrogens (tertiary/aromatic N) is 3. The lowest BCUT2D eigenvalue weighted by atomic mass is 10.4. The number of nitrogens with one attached hydrogen (secondary N) is 2. The van der Waals surface area contributed by atoms with Gasteiger partial charge in [-0.05, 0) is 19.5 Å². The van der Waals surface area contributed by atoms with Gasteiger partial charge in [0.25, 0.3) is 0 Å². The molecule has 0 aromatic carbocycles. The maximum atomic E-state index is 5.40. The Morgan fingerprint density at radius 3 is 2.60 bits per heavy atom. The Labute approximate surface area is 120 Å². The number of methoxy groups -OCH3 is 1. The number of aromatic nitrogens is 2. The first-order valence-electron chi connectivity index (χ1n) is 7.03. The van der Waals surface area contributed by atoms with Gasteiger partial charge in [-0.1, -0.05) is 13.8 Å². The maximum Gasteiger partial charge on any atom is 0.158 e. The van der Waals surface area contributed by atoms with Gasteiger partial charge < -0.3 is 20.4 Å². The van der Waals surface area contributed by atoms with Gasteiger partial charge in [0.2, 0.25) is 0 Å². The van der Waals surface area contributed by atoms with E-state index in [4.69, 9.17) is 10.6 Å². The largest absolute Gasteiger partial charge is 0.377 e. The molecule has 4 N–H and O–H groups in total. The average molecular weight is 282 g/mol. The van der Waals surface area contributed by atoms with Gasteiger partial charge in [-0.2, -0.15) is 0 Å². The second-order valence-electron chi connectivity index (χ2n) is 4.49. The molecule has 0 unspecified atom stereocenters. The molecular weight excluding hydrogens is 256 g/mol. The Kier molecular flexibility index (Phi) is 7.86. The third-order valence-electron chi connectivity index (χ3n) is 2.91. The van der Waals surface area contributed by atoms with Crippen molar-refractivity contribution < 1.29 is 4.74 Å². The van der Waals surface area contributed by atoms with Crippen LogP contribution in [0.25, 0.3) is 0 Å². The molecule has 0 spiro atoms. The van der Waals surface area contributed by atoms with E-state index in [1.54, 1.807) is 13.2 Å². The topological polar surface area (TPSA) is 88.3 Å². The Balaban J connectivity index is 2.55. The molecule has 1 aromatic rings. The Morgan fingerprint density at radius 2 is 2.00 bits per heavy atom. The fraction of sp³-hybridized carbons (Fsp3) is 0.692. The quantitative estimate of drug-likeness (QED) is 0.436. The molecule has 0 saturated carbocycles. The zero-order valence-corrected chi connectivity index (χ0v) is 12.6. The molecule has 114 valence electrons. The highest BCUT2D eigenvalue weighted by Crippen LogP contribution is 2.10. The van der Waals surface area contributed by atoms with Crippen LogP contribution in [0.5, 0.6) is 0 Å². The first-order valence-corrected chi connectivity index (χ1v) is 7.03. The van der Waals surface area contributed by atoms with Crippen molar-refractivity contribution in [2.45, 2.75) is 26.9 Å². The summed E-state index contributed by atoms with van der Waals surface area (Å²) >= 11 is 0. The minimum atomic E-state index is 0.362. The molecule has 1 aromatic heterocycles. The molecule has 0 aliphatic carbocycles. The molecule has 7 nitrogen and oxygen atoms in total. The molecule has 0 aliphatic heterocycles. The van der Waals surface area contributed by atoms with Crippen LogP contribution in [0, 0.1) is 0 Å². The number of hydrogen-bond donors (Lipinski definition) is 3. The van der Waals surface area contributed by atoms with Gasteiger partial charge in [0.15, 0.2) is 5.82 Å². The predicted molar refractivity (Wildman–Crippen MR) is 81.4 cm³/mol. The highest BCUT2D eigenvalue weighted by molar-refractivity contribution is 5.46. The zero-order valence-electron chi connectivity index (χ0n) is 12.6. The van der Waals surface area contributed by atoms with Gasteiger partial charge >= 0.3 is 0 Å². The first kappa shape index (κ1) is 16.6.